The van der Waals surface area contributed by atoms with Gasteiger partial charge < -0.3 is 21.1 Å². The van der Waals surface area contributed by atoms with E-state index in [1.165, 1.54) is 18.2 Å². The number of benzene rings is 1. The van der Waals surface area contributed by atoms with Crippen molar-refractivity contribution in [1.82, 2.24) is 10.6 Å². The largest absolute Gasteiger partial charge is 0.478 e. The van der Waals surface area contributed by atoms with Crippen LogP contribution in [0, 0.1) is 0 Å². The minimum absolute atomic E-state index is 0.0729. The molecule has 0 radical (unpaired) electrons. The molecule has 2 rings (SSSR count). The molecule has 1 heterocycles. The molecule has 1 aliphatic rings. The lowest BCUT2D eigenvalue weighted by Gasteiger charge is -2.23. The van der Waals surface area contributed by atoms with Gasteiger partial charge in [-0.1, -0.05) is 11.6 Å². The number of piperidine rings is 1. The molecule has 0 aliphatic carbocycles. The Morgan fingerprint density at radius 2 is 2.14 bits per heavy atom. The molecule has 1 atom stereocenters. The highest BCUT2D eigenvalue weighted by Gasteiger charge is 2.24. The first-order valence-electron chi connectivity index (χ1n) is 6.35. The molecule has 8 heteroatoms. The number of amides is 3. The quantitative estimate of drug-likeness (QED) is 0.677. The lowest BCUT2D eigenvalue weighted by atomic mass is 10.1. The van der Waals surface area contributed by atoms with Gasteiger partial charge in [-0.3, -0.25) is 4.79 Å². The smallest absolute Gasteiger partial charge is 0.337 e. The molecule has 7 nitrogen and oxygen atoms in total. The van der Waals surface area contributed by atoms with Crippen LogP contribution in [0.4, 0.5) is 10.5 Å². The van der Waals surface area contributed by atoms with Crippen LogP contribution in [-0.2, 0) is 4.79 Å². The topological polar surface area (TPSA) is 108 Å². The molecule has 0 bridgehead atoms. The molecule has 1 aliphatic heterocycles. The van der Waals surface area contributed by atoms with E-state index >= 15 is 0 Å². The van der Waals surface area contributed by atoms with Crippen molar-refractivity contribution in [1.29, 1.82) is 0 Å². The summed E-state index contributed by atoms with van der Waals surface area (Å²) in [5, 5.41) is 16.9. The molecule has 1 aromatic carbocycles. The highest BCUT2D eigenvalue weighted by molar-refractivity contribution is 6.31. The summed E-state index contributed by atoms with van der Waals surface area (Å²) < 4.78 is 0. The summed E-state index contributed by atoms with van der Waals surface area (Å²) in [5.74, 6) is -1.43. The SMILES string of the molecule is O=C(Nc1cc(Cl)ccc1C(=O)O)NC1CCCNC1=O. The first-order chi connectivity index (χ1) is 9.97. The highest BCUT2D eigenvalue weighted by atomic mass is 35.5. The van der Waals surface area contributed by atoms with Gasteiger partial charge in [0.15, 0.2) is 0 Å². The Morgan fingerprint density at radius 1 is 1.38 bits per heavy atom. The number of carbonyl (C=O) groups excluding carboxylic acids is 2. The molecule has 1 unspecified atom stereocenters. The number of hydrogen-bond donors (Lipinski definition) is 4. The zero-order valence-electron chi connectivity index (χ0n) is 11.0. The van der Waals surface area contributed by atoms with E-state index in [9.17, 15) is 14.4 Å². The number of aromatic carboxylic acids is 1. The van der Waals surface area contributed by atoms with Crippen molar-refractivity contribution in [3.63, 3.8) is 0 Å². The van der Waals surface area contributed by atoms with Crippen LogP contribution in [0.1, 0.15) is 23.2 Å². The van der Waals surface area contributed by atoms with Crippen LogP contribution in [0.25, 0.3) is 0 Å². The fourth-order valence-corrected chi connectivity index (χ4v) is 2.20. The van der Waals surface area contributed by atoms with Gasteiger partial charge in [-0.2, -0.15) is 0 Å². The fraction of sp³-hybridized carbons (Fsp3) is 0.308. The summed E-state index contributed by atoms with van der Waals surface area (Å²) in [6.45, 7) is 0.593. The lowest BCUT2D eigenvalue weighted by molar-refractivity contribution is -0.124. The normalized spacial score (nSPS) is 17.8. The van der Waals surface area contributed by atoms with Gasteiger partial charge in [-0.25, -0.2) is 9.59 Å². The maximum atomic E-state index is 11.9. The van der Waals surface area contributed by atoms with Crippen LogP contribution in [0.15, 0.2) is 18.2 Å². The van der Waals surface area contributed by atoms with Gasteiger partial charge in [0.05, 0.1) is 11.3 Å². The molecular weight excluding hydrogens is 298 g/mol. The van der Waals surface area contributed by atoms with Crippen LogP contribution in [-0.4, -0.2) is 35.6 Å². The Labute approximate surface area is 125 Å². The van der Waals surface area contributed by atoms with Gasteiger partial charge in [0.1, 0.15) is 6.04 Å². The Balaban J connectivity index is 2.07. The molecule has 21 heavy (non-hydrogen) atoms. The van der Waals surface area contributed by atoms with E-state index in [-0.39, 0.29) is 17.2 Å². The summed E-state index contributed by atoms with van der Waals surface area (Å²) in [6, 6.07) is 2.79. The Bertz CT molecular complexity index is 591. The average Bonchev–Trinajstić information content (AvgIpc) is 2.41. The Kier molecular flexibility index (Phi) is 4.64. The zero-order valence-corrected chi connectivity index (χ0v) is 11.7. The van der Waals surface area contributed by atoms with Crippen molar-refractivity contribution in [2.24, 2.45) is 0 Å². The van der Waals surface area contributed by atoms with Gasteiger partial charge in [0, 0.05) is 11.6 Å². The summed E-state index contributed by atoms with van der Waals surface area (Å²) in [4.78, 5) is 34.5. The molecule has 0 saturated carbocycles. The molecule has 0 aromatic heterocycles. The Morgan fingerprint density at radius 3 is 2.81 bits per heavy atom. The number of anilines is 1. The van der Waals surface area contributed by atoms with E-state index in [2.05, 4.69) is 16.0 Å². The third-order valence-electron chi connectivity index (χ3n) is 3.05. The molecule has 1 fully saturated rings. The first kappa shape index (κ1) is 15.1. The number of carboxylic acid groups (broad SMARTS) is 1. The number of carboxylic acids is 1. The molecule has 1 saturated heterocycles. The third-order valence-corrected chi connectivity index (χ3v) is 3.29. The number of nitrogens with one attached hydrogen (secondary N) is 3. The molecule has 3 amide bonds. The fourth-order valence-electron chi connectivity index (χ4n) is 2.03. The van der Waals surface area contributed by atoms with Gasteiger partial charge in [0.25, 0.3) is 0 Å². The van der Waals surface area contributed by atoms with Gasteiger partial charge in [-0.05, 0) is 31.0 Å². The number of urea groups is 1. The predicted octanol–water partition coefficient (Wildman–Crippen LogP) is 1.44. The van der Waals surface area contributed by atoms with Crippen molar-refractivity contribution < 1.29 is 19.5 Å². The van der Waals surface area contributed by atoms with E-state index in [0.29, 0.717) is 18.0 Å². The van der Waals surface area contributed by atoms with E-state index < -0.39 is 18.0 Å². The number of hydrogen-bond acceptors (Lipinski definition) is 3. The maximum Gasteiger partial charge on any atom is 0.337 e. The summed E-state index contributed by atoms with van der Waals surface area (Å²) in [5.41, 5.74) is -0.00800. The first-order valence-corrected chi connectivity index (χ1v) is 6.73. The average molecular weight is 312 g/mol. The molecule has 112 valence electrons. The second-order valence-corrected chi connectivity index (χ2v) is 5.02. The van der Waals surface area contributed by atoms with Gasteiger partial charge >= 0.3 is 12.0 Å². The van der Waals surface area contributed by atoms with Crippen LogP contribution in [0.2, 0.25) is 5.02 Å². The summed E-state index contributed by atoms with van der Waals surface area (Å²) >= 11 is 5.79. The molecule has 4 N–H and O–H groups in total. The van der Waals surface area contributed by atoms with Crippen molar-refractivity contribution in [3.8, 4) is 0 Å². The second kappa shape index (κ2) is 6.45. The monoisotopic (exact) mass is 311 g/mol. The van der Waals surface area contributed by atoms with Crippen LogP contribution >= 0.6 is 11.6 Å². The van der Waals surface area contributed by atoms with Crippen LogP contribution in [0.3, 0.4) is 0 Å². The van der Waals surface area contributed by atoms with Gasteiger partial charge in [-0.15, -0.1) is 0 Å². The van der Waals surface area contributed by atoms with Crippen molar-refractivity contribution in [2.45, 2.75) is 18.9 Å². The summed E-state index contributed by atoms with van der Waals surface area (Å²) in [7, 11) is 0. The van der Waals surface area contributed by atoms with Crippen LogP contribution in [0.5, 0.6) is 0 Å². The maximum absolute atomic E-state index is 11.9. The lowest BCUT2D eigenvalue weighted by Crippen LogP contribution is -2.51. The molecule has 0 spiro atoms. The number of carbonyl (C=O) groups is 3. The zero-order chi connectivity index (χ0) is 15.4. The Hall–Kier alpha value is -2.28. The van der Waals surface area contributed by atoms with Crippen molar-refractivity contribution in [3.05, 3.63) is 28.8 Å². The van der Waals surface area contributed by atoms with E-state index in [4.69, 9.17) is 16.7 Å². The van der Waals surface area contributed by atoms with Gasteiger partial charge in [0.2, 0.25) is 5.91 Å². The minimum atomic E-state index is -1.18. The van der Waals surface area contributed by atoms with E-state index in [0.717, 1.165) is 6.42 Å². The molecule has 1 aromatic rings. The number of rotatable bonds is 3. The second-order valence-electron chi connectivity index (χ2n) is 4.58. The molecular formula is C13H14ClN3O4. The number of halogens is 1. The third kappa shape index (κ3) is 3.85. The minimum Gasteiger partial charge on any atom is -0.478 e. The standard InChI is InChI=1S/C13H14ClN3O4/c14-7-3-4-8(12(19)20)10(6-7)17-13(21)16-9-2-1-5-15-11(9)18/h3-4,6,9H,1-2,5H2,(H,15,18)(H,19,20)(H2,16,17,21). The van der Waals surface area contributed by atoms with Crippen molar-refractivity contribution in [2.75, 3.05) is 11.9 Å². The van der Waals surface area contributed by atoms with Crippen molar-refractivity contribution >= 4 is 35.2 Å². The van der Waals surface area contributed by atoms with Crippen LogP contribution < -0.4 is 16.0 Å². The summed E-state index contributed by atoms with van der Waals surface area (Å²) in [6.07, 6.45) is 1.31. The van der Waals surface area contributed by atoms with E-state index in [1.54, 1.807) is 0 Å². The predicted molar refractivity (Wildman–Crippen MR) is 76.6 cm³/mol. The van der Waals surface area contributed by atoms with E-state index in [1.807, 2.05) is 0 Å². The highest BCUT2D eigenvalue weighted by Crippen LogP contribution is 2.21.